The molecule has 2 aromatic heterocycles. The lowest BCUT2D eigenvalue weighted by atomic mass is 10.4. The molecule has 2 rings (SSSR count). The van der Waals surface area contributed by atoms with Crippen molar-refractivity contribution in [3.63, 3.8) is 0 Å². The van der Waals surface area contributed by atoms with E-state index in [0.29, 0.717) is 5.82 Å². The Labute approximate surface area is 110 Å². The van der Waals surface area contributed by atoms with E-state index < -0.39 is 0 Å². The standard InChI is InChI=1S/C10H10Br2N4/c1-5-10(12)6(2)16(15-5)9-4-8(11)13-7(3)14-9/h4H,1-3H3. The van der Waals surface area contributed by atoms with Gasteiger partial charge in [-0.05, 0) is 52.6 Å². The number of rotatable bonds is 1. The van der Waals surface area contributed by atoms with Gasteiger partial charge in [-0.2, -0.15) is 5.10 Å². The average Bonchev–Trinajstić information content (AvgIpc) is 2.44. The Morgan fingerprint density at radius 1 is 1.12 bits per heavy atom. The highest BCUT2D eigenvalue weighted by Crippen LogP contribution is 2.22. The zero-order chi connectivity index (χ0) is 11.9. The molecule has 2 aromatic rings. The van der Waals surface area contributed by atoms with E-state index in [9.17, 15) is 0 Å². The van der Waals surface area contributed by atoms with Crippen LogP contribution in [0.5, 0.6) is 0 Å². The minimum absolute atomic E-state index is 0.716. The Hall–Kier alpha value is -0.750. The van der Waals surface area contributed by atoms with Gasteiger partial charge in [-0.15, -0.1) is 0 Å². The van der Waals surface area contributed by atoms with Crippen molar-refractivity contribution in [3.05, 3.63) is 32.4 Å². The van der Waals surface area contributed by atoms with Crippen molar-refractivity contribution in [1.29, 1.82) is 0 Å². The van der Waals surface area contributed by atoms with Gasteiger partial charge in [-0.3, -0.25) is 0 Å². The summed E-state index contributed by atoms with van der Waals surface area (Å²) in [5.41, 5.74) is 1.98. The quantitative estimate of drug-likeness (QED) is 0.746. The van der Waals surface area contributed by atoms with Gasteiger partial charge in [0.2, 0.25) is 0 Å². The van der Waals surface area contributed by atoms with Gasteiger partial charge in [-0.25, -0.2) is 14.6 Å². The fraction of sp³-hybridized carbons (Fsp3) is 0.300. The molecule has 4 nitrogen and oxygen atoms in total. The van der Waals surface area contributed by atoms with E-state index in [1.807, 2.05) is 26.8 Å². The smallest absolute Gasteiger partial charge is 0.158 e. The van der Waals surface area contributed by atoms with Gasteiger partial charge in [0, 0.05) is 6.07 Å². The molecular weight excluding hydrogens is 336 g/mol. The van der Waals surface area contributed by atoms with Crippen molar-refractivity contribution in [2.24, 2.45) is 0 Å². The molecule has 0 radical (unpaired) electrons. The second-order valence-corrected chi connectivity index (χ2v) is 5.10. The normalized spacial score (nSPS) is 10.8. The van der Waals surface area contributed by atoms with E-state index in [-0.39, 0.29) is 0 Å². The molecule has 84 valence electrons. The lowest BCUT2D eigenvalue weighted by Crippen LogP contribution is -2.04. The fourth-order valence-electron chi connectivity index (χ4n) is 1.47. The zero-order valence-corrected chi connectivity index (χ0v) is 12.3. The molecule has 0 atom stereocenters. The van der Waals surface area contributed by atoms with Crippen LogP contribution in [0.15, 0.2) is 15.1 Å². The summed E-state index contributed by atoms with van der Waals surface area (Å²) in [6.07, 6.45) is 0. The van der Waals surface area contributed by atoms with Gasteiger partial charge < -0.3 is 0 Å². The first-order valence-corrected chi connectivity index (χ1v) is 6.31. The average molecular weight is 346 g/mol. The van der Waals surface area contributed by atoms with Crippen molar-refractivity contribution in [2.45, 2.75) is 20.8 Å². The fourth-order valence-corrected chi connectivity index (χ4v) is 2.18. The van der Waals surface area contributed by atoms with Crippen molar-refractivity contribution in [1.82, 2.24) is 19.7 Å². The first-order valence-electron chi connectivity index (χ1n) is 4.72. The molecule has 0 aromatic carbocycles. The van der Waals surface area contributed by atoms with Gasteiger partial charge in [0.05, 0.1) is 15.9 Å². The maximum absolute atomic E-state index is 4.42. The highest BCUT2D eigenvalue weighted by molar-refractivity contribution is 9.10. The molecular formula is C10H10Br2N4. The molecule has 0 unspecified atom stereocenters. The molecule has 0 spiro atoms. The van der Waals surface area contributed by atoms with Crippen molar-refractivity contribution in [2.75, 3.05) is 0 Å². The SMILES string of the molecule is Cc1nc(Br)cc(-n2nc(C)c(Br)c2C)n1. The molecule has 16 heavy (non-hydrogen) atoms. The summed E-state index contributed by atoms with van der Waals surface area (Å²) >= 11 is 6.85. The minimum atomic E-state index is 0.716. The summed E-state index contributed by atoms with van der Waals surface area (Å²) in [7, 11) is 0. The highest BCUT2D eigenvalue weighted by Gasteiger charge is 2.12. The van der Waals surface area contributed by atoms with Crippen LogP contribution in [0.4, 0.5) is 0 Å². The third-order valence-electron chi connectivity index (χ3n) is 2.21. The summed E-state index contributed by atoms with van der Waals surface area (Å²) in [5.74, 6) is 1.48. The molecule has 0 aliphatic rings. The van der Waals surface area contributed by atoms with Crippen LogP contribution in [-0.2, 0) is 0 Å². The summed E-state index contributed by atoms with van der Waals surface area (Å²) in [5, 5.41) is 4.42. The van der Waals surface area contributed by atoms with Gasteiger partial charge in [-0.1, -0.05) is 0 Å². The molecule has 0 aliphatic carbocycles. The molecule has 2 heterocycles. The molecule has 0 saturated heterocycles. The van der Waals surface area contributed by atoms with Crippen molar-refractivity contribution >= 4 is 31.9 Å². The molecule has 0 N–H and O–H groups in total. The topological polar surface area (TPSA) is 43.6 Å². The third kappa shape index (κ3) is 2.04. The molecule has 0 fully saturated rings. The Bertz CT molecular complexity index is 528. The van der Waals surface area contributed by atoms with E-state index in [4.69, 9.17) is 0 Å². The van der Waals surface area contributed by atoms with Gasteiger partial charge in [0.1, 0.15) is 10.4 Å². The number of aromatic nitrogens is 4. The summed E-state index contributed by atoms with van der Waals surface area (Å²) in [4.78, 5) is 8.53. The van der Waals surface area contributed by atoms with Crippen molar-refractivity contribution < 1.29 is 0 Å². The Morgan fingerprint density at radius 3 is 2.31 bits per heavy atom. The molecule has 0 bridgehead atoms. The number of halogens is 2. The van der Waals surface area contributed by atoms with E-state index in [1.54, 1.807) is 4.68 Å². The Kier molecular flexibility index (Phi) is 3.12. The number of aryl methyl sites for hydroxylation is 2. The summed E-state index contributed by atoms with van der Waals surface area (Å²) < 4.78 is 3.58. The monoisotopic (exact) mass is 344 g/mol. The van der Waals surface area contributed by atoms with Crippen molar-refractivity contribution in [3.8, 4) is 5.82 Å². The first kappa shape index (κ1) is 11.7. The summed E-state index contributed by atoms with van der Waals surface area (Å²) in [6, 6.07) is 1.85. The van der Waals surface area contributed by atoms with Crippen LogP contribution in [-0.4, -0.2) is 19.7 Å². The van der Waals surface area contributed by atoms with Crippen LogP contribution in [0.2, 0.25) is 0 Å². The summed E-state index contributed by atoms with van der Waals surface area (Å²) in [6.45, 7) is 5.81. The Morgan fingerprint density at radius 2 is 1.81 bits per heavy atom. The minimum Gasteiger partial charge on any atom is -0.226 e. The first-order chi connectivity index (χ1) is 7.49. The molecule has 0 saturated carbocycles. The van der Waals surface area contributed by atoms with Crippen LogP contribution < -0.4 is 0 Å². The second kappa shape index (κ2) is 4.25. The number of hydrogen-bond donors (Lipinski definition) is 0. The third-order valence-corrected chi connectivity index (χ3v) is 3.77. The second-order valence-electron chi connectivity index (χ2n) is 3.49. The molecule has 6 heteroatoms. The van der Waals surface area contributed by atoms with Gasteiger partial charge >= 0.3 is 0 Å². The van der Waals surface area contributed by atoms with E-state index in [0.717, 1.165) is 26.3 Å². The van der Waals surface area contributed by atoms with E-state index >= 15 is 0 Å². The van der Waals surface area contributed by atoms with Crippen LogP contribution in [0.3, 0.4) is 0 Å². The highest BCUT2D eigenvalue weighted by atomic mass is 79.9. The van der Waals surface area contributed by atoms with Crippen LogP contribution in [0.1, 0.15) is 17.2 Å². The van der Waals surface area contributed by atoms with E-state index in [2.05, 4.69) is 46.9 Å². The number of nitrogens with zero attached hydrogens (tertiary/aromatic N) is 4. The van der Waals surface area contributed by atoms with Gasteiger partial charge in [0.15, 0.2) is 5.82 Å². The van der Waals surface area contributed by atoms with Gasteiger partial charge in [0.25, 0.3) is 0 Å². The van der Waals surface area contributed by atoms with Crippen LogP contribution >= 0.6 is 31.9 Å². The lowest BCUT2D eigenvalue weighted by molar-refractivity contribution is 0.790. The largest absolute Gasteiger partial charge is 0.226 e. The maximum Gasteiger partial charge on any atom is 0.158 e. The predicted molar refractivity (Wildman–Crippen MR) is 68.8 cm³/mol. The van der Waals surface area contributed by atoms with Crippen LogP contribution in [0, 0.1) is 20.8 Å². The molecule has 0 aliphatic heterocycles. The maximum atomic E-state index is 4.42. The van der Waals surface area contributed by atoms with Crippen LogP contribution in [0.25, 0.3) is 5.82 Å². The number of hydrogen-bond acceptors (Lipinski definition) is 3. The predicted octanol–water partition coefficient (Wildman–Crippen LogP) is 3.11. The zero-order valence-electron chi connectivity index (χ0n) is 9.12. The molecule has 0 amide bonds. The Balaban J connectivity index is 2.62. The van der Waals surface area contributed by atoms with E-state index in [1.165, 1.54) is 0 Å². The lowest BCUT2D eigenvalue weighted by Gasteiger charge is -2.04.